The van der Waals surface area contributed by atoms with Gasteiger partial charge in [-0.15, -0.1) is 0 Å². The van der Waals surface area contributed by atoms with Crippen LogP contribution in [0.25, 0.3) is 0 Å². The van der Waals surface area contributed by atoms with Gasteiger partial charge in [-0.05, 0) is 14.0 Å². The van der Waals surface area contributed by atoms with Crippen LogP contribution in [0, 0.1) is 0 Å². The number of aldehydes is 1. The molecule has 0 saturated carbocycles. The SMILES string of the molecule is CNC(C)CC(=O)NCCC=O. The van der Waals surface area contributed by atoms with E-state index in [-0.39, 0.29) is 11.9 Å². The van der Waals surface area contributed by atoms with Crippen LogP contribution in [0.5, 0.6) is 0 Å². The van der Waals surface area contributed by atoms with E-state index < -0.39 is 0 Å². The molecule has 1 amide bonds. The van der Waals surface area contributed by atoms with E-state index in [0.717, 1.165) is 6.29 Å². The summed E-state index contributed by atoms with van der Waals surface area (Å²) in [5.74, 6) is -0.0151. The molecular formula is C8H16N2O2. The number of amides is 1. The van der Waals surface area contributed by atoms with Crippen LogP contribution in [0.1, 0.15) is 19.8 Å². The summed E-state index contributed by atoms with van der Waals surface area (Å²) in [4.78, 5) is 20.9. The van der Waals surface area contributed by atoms with E-state index in [0.29, 0.717) is 19.4 Å². The van der Waals surface area contributed by atoms with Crippen LogP contribution in [0.15, 0.2) is 0 Å². The highest BCUT2D eigenvalue weighted by Gasteiger charge is 2.04. The second-order valence-electron chi connectivity index (χ2n) is 2.70. The topological polar surface area (TPSA) is 58.2 Å². The molecule has 4 heteroatoms. The first-order valence-corrected chi connectivity index (χ1v) is 4.08. The van der Waals surface area contributed by atoms with Crippen LogP contribution in [0.4, 0.5) is 0 Å². The molecule has 0 spiro atoms. The van der Waals surface area contributed by atoms with Crippen molar-refractivity contribution in [1.29, 1.82) is 0 Å². The highest BCUT2D eigenvalue weighted by Crippen LogP contribution is 1.88. The van der Waals surface area contributed by atoms with Crippen LogP contribution < -0.4 is 10.6 Å². The van der Waals surface area contributed by atoms with Gasteiger partial charge in [0.1, 0.15) is 6.29 Å². The fourth-order valence-electron chi connectivity index (χ4n) is 0.723. The first-order chi connectivity index (χ1) is 5.70. The van der Waals surface area contributed by atoms with Gasteiger partial charge in [0.15, 0.2) is 0 Å². The Labute approximate surface area is 72.7 Å². The second-order valence-corrected chi connectivity index (χ2v) is 2.70. The summed E-state index contributed by atoms with van der Waals surface area (Å²) >= 11 is 0. The minimum Gasteiger partial charge on any atom is -0.356 e. The highest BCUT2D eigenvalue weighted by molar-refractivity contribution is 5.76. The fraction of sp³-hybridized carbons (Fsp3) is 0.750. The van der Waals surface area contributed by atoms with Crippen LogP contribution in [0.3, 0.4) is 0 Å². The number of nitrogens with one attached hydrogen (secondary N) is 2. The average molecular weight is 172 g/mol. The quantitative estimate of drug-likeness (QED) is 0.427. The van der Waals surface area contributed by atoms with Crippen molar-refractivity contribution in [2.45, 2.75) is 25.8 Å². The second kappa shape index (κ2) is 6.79. The van der Waals surface area contributed by atoms with Gasteiger partial charge in [0.05, 0.1) is 0 Å². The summed E-state index contributed by atoms with van der Waals surface area (Å²) in [6.07, 6.45) is 1.64. The largest absolute Gasteiger partial charge is 0.356 e. The summed E-state index contributed by atoms with van der Waals surface area (Å²) in [6.45, 7) is 2.37. The van der Waals surface area contributed by atoms with Gasteiger partial charge < -0.3 is 15.4 Å². The maximum absolute atomic E-state index is 11.0. The van der Waals surface area contributed by atoms with Crippen molar-refractivity contribution in [3.8, 4) is 0 Å². The molecule has 0 radical (unpaired) electrons. The van der Waals surface area contributed by atoms with Crippen molar-refractivity contribution in [2.75, 3.05) is 13.6 Å². The zero-order valence-electron chi connectivity index (χ0n) is 7.59. The summed E-state index contributed by atoms with van der Waals surface area (Å²) in [7, 11) is 1.81. The average Bonchev–Trinajstić information content (AvgIpc) is 2.05. The lowest BCUT2D eigenvalue weighted by Crippen LogP contribution is -2.32. The summed E-state index contributed by atoms with van der Waals surface area (Å²) in [6, 6.07) is 0.182. The standard InChI is InChI=1S/C8H16N2O2/c1-7(9-2)6-8(12)10-4-3-5-11/h5,7,9H,3-4,6H2,1-2H3,(H,10,12). The molecule has 0 bridgehead atoms. The lowest BCUT2D eigenvalue weighted by atomic mass is 10.2. The summed E-state index contributed by atoms with van der Waals surface area (Å²) < 4.78 is 0. The summed E-state index contributed by atoms with van der Waals surface area (Å²) in [5.41, 5.74) is 0. The van der Waals surface area contributed by atoms with E-state index >= 15 is 0 Å². The van der Waals surface area contributed by atoms with Crippen molar-refractivity contribution >= 4 is 12.2 Å². The molecule has 1 atom stereocenters. The molecule has 0 aromatic carbocycles. The number of carbonyl (C=O) groups is 2. The molecular weight excluding hydrogens is 156 g/mol. The molecule has 1 unspecified atom stereocenters. The van der Waals surface area contributed by atoms with Crippen LogP contribution in [-0.2, 0) is 9.59 Å². The lowest BCUT2D eigenvalue weighted by Gasteiger charge is -2.08. The fourth-order valence-corrected chi connectivity index (χ4v) is 0.723. The molecule has 0 aliphatic rings. The monoisotopic (exact) mass is 172 g/mol. The molecule has 0 aromatic heterocycles. The van der Waals surface area contributed by atoms with Gasteiger partial charge in [0.2, 0.25) is 5.91 Å². The predicted molar refractivity (Wildman–Crippen MR) is 46.8 cm³/mol. The van der Waals surface area contributed by atoms with Gasteiger partial charge in [-0.2, -0.15) is 0 Å². The maximum Gasteiger partial charge on any atom is 0.221 e. The molecule has 0 aromatic rings. The van der Waals surface area contributed by atoms with Crippen molar-refractivity contribution in [1.82, 2.24) is 10.6 Å². The summed E-state index contributed by atoms with van der Waals surface area (Å²) in [5, 5.41) is 5.59. The zero-order valence-corrected chi connectivity index (χ0v) is 7.59. The molecule has 4 nitrogen and oxygen atoms in total. The highest BCUT2D eigenvalue weighted by atomic mass is 16.1. The Balaban J connectivity index is 3.39. The first kappa shape index (κ1) is 11.1. The van der Waals surface area contributed by atoms with E-state index in [1.54, 1.807) is 0 Å². The molecule has 0 heterocycles. The Kier molecular flexibility index (Phi) is 6.28. The molecule has 0 fully saturated rings. The third-order valence-corrected chi connectivity index (χ3v) is 1.57. The molecule has 2 N–H and O–H groups in total. The van der Waals surface area contributed by atoms with E-state index in [1.165, 1.54) is 0 Å². The Morgan fingerprint density at radius 2 is 2.25 bits per heavy atom. The van der Waals surface area contributed by atoms with Crippen LogP contribution in [0.2, 0.25) is 0 Å². The lowest BCUT2D eigenvalue weighted by molar-refractivity contribution is -0.121. The van der Waals surface area contributed by atoms with Crippen molar-refractivity contribution < 1.29 is 9.59 Å². The smallest absolute Gasteiger partial charge is 0.221 e. The Morgan fingerprint density at radius 3 is 2.75 bits per heavy atom. The van der Waals surface area contributed by atoms with Crippen molar-refractivity contribution in [3.63, 3.8) is 0 Å². The van der Waals surface area contributed by atoms with Crippen LogP contribution in [-0.4, -0.2) is 31.8 Å². The van der Waals surface area contributed by atoms with Crippen LogP contribution >= 0.6 is 0 Å². The van der Waals surface area contributed by atoms with Crippen molar-refractivity contribution in [2.24, 2.45) is 0 Å². The minimum atomic E-state index is -0.0151. The van der Waals surface area contributed by atoms with Gasteiger partial charge in [0.25, 0.3) is 0 Å². The first-order valence-electron chi connectivity index (χ1n) is 4.08. The van der Waals surface area contributed by atoms with E-state index in [2.05, 4.69) is 10.6 Å². The van der Waals surface area contributed by atoms with Gasteiger partial charge in [-0.3, -0.25) is 4.79 Å². The Bertz CT molecular complexity index is 148. The Hall–Kier alpha value is -0.900. The van der Waals surface area contributed by atoms with Gasteiger partial charge >= 0.3 is 0 Å². The minimum absolute atomic E-state index is 0.0151. The number of rotatable bonds is 6. The molecule has 12 heavy (non-hydrogen) atoms. The molecule has 70 valence electrons. The zero-order chi connectivity index (χ0) is 9.40. The molecule has 0 rings (SSSR count). The van der Waals surface area contributed by atoms with E-state index in [9.17, 15) is 9.59 Å². The van der Waals surface area contributed by atoms with E-state index in [4.69, 9.17) is 0 Å². The molecule has 0 saturated heterocycles. The normalized spacial score (nSPS) is 12.2. The maximum atomic E-state index is 11.0. The third-order valence-electron chi connectivity index (χ3n) is 1.57. The van der Waals surface area contributed by atoms with Gasteiger partial charge in [-0.25, -0.2) is 0 Å². The Morgan fingerprint density at radius 1 is 1.58 bits per heavy atom. The van der Waals surface area contributed by atoms with Gasteiger partial charge in [0, 0.05) is 25.4 Å². The predicted octanol–water partition coefficient (Wildman–Crippen LogP) is -0.310. The molecule has 0 aliphatic carbocycles. The molecule has 0 aliphatic heterocycles. The third kappa shape index (κ3) is 5.85. The number of hydrogen-bond donors (Lipinski definition) is 2. The number of carbonyl (C=O) groups excluding carboxylic acids is 2. The number of hydrogen-bond acceptors (Lipinski definition) is 3. The van der Waals surface area contributed by atoms with Crippen molar-refractivity contribution in [3.05, 3.63) is 0 Å². The van der Waals surface area contributed by atoms with Gasteiger partial charge in [-0.1, -0.05) is 0 Å². The van der Waals surface area contributed by atoms with E-state index in [1.807, 2.05) is 14.0 Å².